The second-order valence-corrected chi connectivity index (χ2v) is 6.44. The van der Waals surface area contributed by atoms with Gasteiger partial charge >= 0.3 is 0 Å². The highest BCUT2D eigenvalue weighted by Gasteiger charge is 2.16. The molecule has 4 heteroatoms. The highest BCUT2D eigenvalue weighted by Crippen LogP contribution is 2.17. The number of amides is 1. The molecule has 0 aliphatic carbocycles. The minimum Gasteiger partial charge on any atom is -0.381 e. The lowest BCUT2D eigenvalue weighted by atomic mass is 10.1. The minimum absolute atomic E-state index is 0.132. The van der Waals surface area contributed by atoms with Gasteiger partial charge in [-0.2, -0.15) is 0 Å². The van der Waals surface area contributed by atoms with Crippen LogP contribution >= 0.6 is 11.8 Å². The quantitative estimate of drug-likeness (QED) is 0.876. The molecule has 1 aliphatic rings. The predicted octanol–water partition coefficient (Wildman–Crippen LogP) is 2.69. The van der Waals surface area contributed by atoms with Crippen molar-refractivity contribution in [1.29, 1.82) is 0 Å². The van der Waals surface area contributed by atoms with Gasteiger partial charge in [-0.1, -0.05) is 23.8 Å². The van der Waals surface area contributed by atoms with Crippen LogP contribution in [-0.4, -0.2) is 31.4 Å². The van der Waals surface area contributed by atoms with Gasteiger partial charge in [0, 0.05) is 24.8 Å². The van der Waals surface area contributed by atoms with E-state index >= 15 is 0 Å². The van der Waals surface area contributed by atoms with Crippen LogP contribution in [0.2, 0.25) is 0 Å². The summed E-state index contributed by atoms with van der Waals surface area (Å²) in [5.41, 5.74) is 3.90. The van der Waals surface area contributed by atoms with E-state index in [1.54, 1.807) is 11.8 Å². The van der Waals surface area contributed by atoms with Gasteiger partial charge in [0.25, 0.3) is 0 Å². The van der Waals surface area contributed by atoms with Gasteiger partial charge in [0.1, 0.15) is 0 Å². The Balaban J connectivity index is 1.66. The number of carbonyl (C=O) groups excluding carboxylic acids is 1. The third-order valence-electron chi connectivity index (χ3n) is 3.61. The van der Waals surface area contributed by atoms with Gasteiger partial charge < -0.3 is 10.1 Å². The van der Waals surface area contributed by atoms with Crippen LogP contribution in [0.1, 0.15) is 23.1 Å². The maximum absolute atomic E-state index is 11.8. The van der Waals surface area contributed by atoms with E-state index in [0.29, 0.717) is 11.7 Å². The molecule has 0 bridgehead atoms. The summed E-state index contributed by atoms with van der Waals surface area (Å²) in [6.07, 6.45) is 1.07. The first-order chi connectivity index (χ1) is 9.65. The number of rotatable bonds is 6. The van der Waals surface area contributed by atoms with E-state index in [9.17, 15) is 4.79 Å². The minimum atomic E-state index is 0.132. The summed E-state index contributed by atoms with van der Waals surface area (Å²) in [7, 11) is 0. The van der Waals surface area contributed by atoms with Crippen molar-refractivity contribution in [3.8, 4) is 0 Å². The first-order valence-corrected chi connectivity index (χ1v) is 8.29. The van der Waals surface area contributed by atoms with Crippen LogP contribution in [-0.2, 0) is 15.3 Å². The van der Waals surface area contributed by atoms with Crippen LogP contribution in [0.4, 0.5) is 0 Å². The van der Waals surface area contributed by atoms with Crippen LogP contribution < -0.4 is 5.32 Å². The molecule has 1 aromatic rings. The molecule has 0 spiro atoms. The fraction of sp³-hybridized carbons (Fsp3) is 0.562. The average Bonchev–Trinajstić information content (AvgIpc) is 2.93. The van der Waals surface area contributed by atoms with Crippen molar-refractivity contribution in [3.05, 3.63) is 34.9 Å². The summed E-state index contributed by atoms with van der Waals surface area (Å²) in [6, 6.07) is 6.47. The molecule has 1 fully saturated rings. The molecule has 0 unspecified atom stereocenters. The first-order valence-electron chi connectivity index (χ1n) is 7.13. The zero-order valence-corrected chi connectivity index (χ0v) is 13.1. The Kier molecular flexibility index (Phi) is 5.92. The number of aryl methyl sites for hydroxylation is 2. The molecule has 1 amide bonds. The van der Waals surface area contributed by atoms with Crippen LogP contribution in [0, 0.1) is 19.8 Å². The Morgan fingerprint density at radius 1 is 1.45 bits per heavy atom. The Morgan fingerprint density at radius 2 is 2.30 bits per heavy atom. The van der Waals surface area contributed by atoms with Gasteiger partial charge in [0.2, 0.25) is 5.91 Å². The standard InChI is InChI=1S/C16H23NO2S/c1-12-3-4-13(2)15(7-12)10-20-11-16(18)17-8-14-5-6-19-9-14/h3-4,7,14H,5-6,8-11H2,1-2H3,(H,17,18)/t14-/m0/s1. The molecular weight excluding hydrogens is 270 g/mol. The van der Waals surface area contributed by atoms with Gasteiger partial charge in [-0.05, 0) is 31.4 Å². The topological polar surface area (TPSA) is 38.3 Å². The molecule has 0 saturated carbocycles. The molecular formula is C16H23NO2S. The van der Waals surface area contributed by atoms with Crippen LogP contribution in [0.5, 0.6) is 0 Å². The van der Waals surface area contributed by atoms with E-state index in [4.69, 9.17) is 4.74 Å². The summed E-state index contributed by atoms with van der Waals surface area (Å²) in [6.45, 7) is 6.60. The average molecular weight is 293 g/mol. The molecule has 1 saturated heterocycles. The number of nitrogens with one attached hydrogen (secondary N) is 1. The molecule has 3 nitrogen and oxygen atoms in total. The molecule has 1 atom stereocenters. The number of benzene rings is 1. The predicted molar refractivity (Wildman–Crippen MR) is 84.0 cm³/mol. The molecule has 1 aliphatic heterocycles. The smallest absolute Gasteiger partial charge is 0.230 e. The van der Waals surface area contributed by atoms with Crippen LogP contribution in [0.25, 0.3) is 0 Å². The lowest BCUT2D eigenvalue weighted by molar-refractivity contribution is -0.118. The van der Waals surface area contributed by atoms with Gasteiger partial charge in [0.05, 0.1) is 12.4 Å². The largest absolute Gasteiger partial charge is 0.381 e. The fourth-order valence-corrected chi connectivity index (χ4v) is 3.18. The number of carbonyl (C=O) groups is 1. The summed E-state index contributed by atoms with van der Waals surface area (Å²) in [4.78, 5) is 11.8. The molecule has 20 heavy (non-hydrogen) atoms. The summed E-state index contributed by atoms with van der Waals surface area (Å²) in [5, 5.41) is 3.00. The van der Waals surface area contributed by atoms with Crippen molar-refractivity contribution < 1.29 is 9.53 Å². The Labute approximate surface area is 125 Å². The fourth-order valence-electron chi connectivity index (χ4n) is 2.26. The van der Waals surface area contributed by atoms with E-state index < -0.39 is 0 Å². The van der Waals surface area contributed by atoms with Crippen molar-refractivity contribution in [2.75, 3.05) is 25.5 Å². The molecule has 1 N–H and O–H groups in total. The van der Waals surface area contributed by atoms with Gasteiger partial charge in [-0.3, -0.25) is 4.79 Å². The van der Waals surface area contributed by atoms with Crippen molar-refractivity contribution in [3.63, 3.8) is 0 Å². The molecule has 0 radical (unpaired) electrons. The van der Waals surface area contributed by atoms with Crippen molar-refractivity contribution >= 4 is 17.7 Å². The van der Waals surface area contributed by atoms with E-state index in [0.717, 1.165) is 31.9 Å². The zero-order chi connectivity index (χ0) is 14.4. The van der Waals surface area contributed by atoms with Gasteiger partial charge in [-0.25, -0.2) is 0 Å². The molecule has 1 heterocycles. The number of ether oxygens (including phenoxy) is 1. The highest BCUT2D eigenvalue weighted by atomic mass is 32.2. The maximum Gasteiger partial charge on any atom is 0.230 e. The van der Waals surface area contributed by atoms with Crippen molar-refractivity contribution in [2.45, 2.75) is 26.0 Å². The van der Waals surface area contributed by atoms with Crippen LogP contribution in [0.3, 0.4) is 0 Å². The lowest BCUT2D eigenvalue weighted by Crippen LogP contribution is -2.30. The van der Waals surface area contributed by atoms with E-state index in [2.05, 4.69) is 37.4 Å². The summed E-state index contributed by atoms with van der Waals surface area (Å²) >= 11 is 1.68. The first kappa shape index (κ1) is 15.4. The Morgan fingerprint density at radius 3 is 3.05 bits per heavy atom. The molecule has 110 valence electrons. The number of hydrogen-bond acceptors (Lipinski definition) is 3. The molecule has 2 rings (SSSR count). The van der Waals surface area contributed by atoms with Gasteiger partial charge in [0.15, 0.2) is 0 Å². The van der Waals surface area contributed by atoms with Gasteiger partial charge in [-0.15, -0.1) is 11.8 Å². The highest BCUT2D eigenvalue weighted by molar-refractivity contribution is 7.99. The van der Waals surface area contributed by atoms with Crippen LogP contribution in [0.15, 0.2) is 18.2 Å². The normalized spacial score (nSPS) is 18.2. The van der Waals surface area contributed by atoms with E-state index in [1.165, 1.54) is 16.7 Å². The monoisotopic (exact) mass is 293 g/mol. The van der Waals surface area contributed by atoms with Crippen molar-refractivity contribution in [1.82, 2.24) is 5.32 Å². The van der Waals surface area contributed by atoms with E-state index in [-0.39, 0.29) is 5.91 Å². The Bertz CT molecular complexity index is 456. The third-order valence-corrected chi connectivity index (χ3v) is 4.59. The maximum atomic E-state index is 11.8. The summed E-state index contributed by atoms with van der Waals surface area (Å²) in [5.74, 6) is 2.06. The number of hydrogen-bond donors (Lipinski definition) is 1. The van der Waals surface area contributed by atoms with Crippen molar-refractivity contribution in [2.24, 2.45) is 5.92 Å². The third kappa shape index (κ3) is 4.84. The molecule has 0 aromatic heterocycles. The SMILES string of the molecule is Cc1ccc(C)c(CSCC(=O)NC[C@@H]2CCOC2)c1. The molecule has 1 aromatic carbocycles. The second kappa shape index (κ2) is 7.70. The number of thioether (sulfide) groups is 1. The Hall–Kier alpha value is -1.00. The second-order valence-electron chi connectivity index (χ2n) is 5.46. The zero-order valence-electron chi connectivity index (χ0n) is 12.3. The summed E-state index contributed by atoms with van der Waals surface area (Å²) < 4.78 is 5.30. The lowest BCUT2D eigenvalue weighted by Gasteiger charge is -2.10. The van der Waals surface area contributed by atoms with E-state index in [1.807, 2.05) is 0 Å².